The third kappa shape index (κ3) is 5.65. The summed E-state index contributed by atoms with van der Waals surface area (Å²) in [5.41, 5.74) is 2.50. The Morgan fingerprint density at radius 1 is 0.929 bits per heavy atom. The number of nitrogens with zero attached hydrogens (tertiary/aromatic N) is 2. The van der Waals surface area contributed by atoms with Crippen LogP contribution < -0.4 is 5.32 Å². The van der Waals surface area contributed by atoms with Gasteiger partial charge in [0.15, 0.2) is 0 Å². The summed E-state index contributed by atoms with van der Waals surface area (Å²) >= 11 is 0. The van der Waals surface area contributed by atoms with E-state index in [1.807, 2.05) is 38.1 Å². The molecule has 0 radical (unpaired) electrons. The van der Waals surface area contributed by atoms with Gasteiger partial charge in [0.1, 0.15) is 11.4 Å². The van der Waals surface area contributed by atoms with Crippen molar-refractivity contribution in [2.24, 2.45) is 0 Å². The van der Waals surface area contributed by atoms with Crippen molar-refractivity contribution in [2.45, 2.75) is 52.9 Å². The summed E-state index contributed by atoms with van der Waals surface area (Å²) < 4.78 is 0. The van der Waals surface area contributed by atoms with E-state index in [0.717, 1.165) is 12.8 Å². The first kappa shape index (κ1) is 21.6. The molecule has 2 rings (SSSR count). The van der Waals surface area contributed by atoms with Crippen LogP contribution in [0.5, 0.6) is 0 Å². The minimum Gasteiger partial charge on any atom is -0.337 e. The number of amides is 2. The molecule has 28 heavy (non-hydrogen) atoms. The van der Waals surface area contributed by atoms with E-state index >= 15 is 0 Å². The first-order valence-electron chi connectivity index (χ1n) is 9.94. The highest BCUT2D eigenvalue weighted by atomic mass is 16.2. The number of rotatable bonds is 7. The van der Waals surface area contributed by atoms with Crippen molar-refractivity contribution in [2.75, 3.05) is 18.4 Å². The number of carbonyl (C=O) groups excluding carboxylic acids is 2. The van der Waals surface area contributed by atoms with Gasteiger partial charge in [0.2, 0.25) is 0 Å². The molecular weight excluding hydrogens is 350 g/mol. The summed E-state index contributed by atoms with van der Waals surface area (Å²) in [6.45, 7) is 11.9. The number of hydrogen-bond donors (Lipinski definition) is 1. The standard InChI is InChI=1S/C23H31N3O2/c1-6-15-26(16-7-2)22(28)20-10-8-9-19(25-20)21(27)24-18-13-11-17(12-14-18)23(3,4)5/h8-14H,6-7,15-16H2,1-5H3,(H,24,27). The molecule has 5 nitrogen and oxygen atoms in total. The molecule has 0 atom stereocenters. The van der Waals surface area contributed by atoms with E-state index in [2.05, 4.69) is 31.1 Å². The summed E-state index contributed by atoms with van der Waals surface area (Å²) in [6, 6.07) is 12.8. The zero-order chi connectivity index (χ0) is 20.7. The first-order chi connectivity index (χ1) is 13.3. The molecule has 2 aromatic rings. The molecule has 0 spiro atoms. The third-order valence-electron chi connectivity index (χ3n) is 4.48. The average molecular weight is 382 g/mol. The van der Waals surface area contributed by atoms with Crippen LogP contribution >= 0.6 is 0 Å². The molecule has 1 aromatic carbocycles. The first-order valence-corrected chi connectivity index (χ1v) is 9.94. The van der Waals surface area contributed by atoms with Gasteiger partial charge in [-0.1, -0.05) is 52.8 Å². The van der Waals surface area contributed by atoms with Gasteiger partial charge in [-0.2, -0.15) is 0 Å². The predicted molar refractivity (Wildman–Crippen MR) is 114 cm³/mol. The normalized spacial score (nSPS) is 11.2. The van der Waals surface area contributed by atoms with E-state index in [0.29, 0.717) is 24.5 Å². The Balaban J connectivity index is 2.14. The molecule has 2 amide bonds. The lowest BCUT2D eigenvalue weighted by Gasteiger charge is -2.21. The Hall–Kier alpha value is -2.69. The second-order valence-corrected chi connectivity index (χ2v) is 7.98. The van der Waals surface area contributed by atoms with Gasteiger partial charge in [0.05, 0.1) is 0 Å². The van der Waals surface area contributed by atoms with Crippen molar-refractivity contribution in [3.63, 3.8) is 0 Å². The highest BCUT2D eigenvalue weighted by molar-refractivity contribution is 6.03. The second kappa shape index (κ2) is 9.49. The molecule has 0 aliphatic rings. The van der Waals surface area contributed by atoms with E-state index in [1.54, 1.807) is 23.1 Å². The van der Waals surface area contributed by atoms with Crippen molar-refractivity contribution in [1.29, 1.82) is 0 Å². The fourth-order valence-electron chi connectivity index (χ4n) is 2.95. The van der Waals surface area contributed by atoms with Crippen LogP contribution in [0.3, 0.4) is 0 Å². The van der Waals surface area contributed by atoms with Gasteiger partial charge < -0.3 is 10.2 Å². The lowest BCUT2D eigenvalue weighted by Crippen LogP contribution is -2.33. The molecular formula is C23H31N3O2. The zero-order valence-corrected chi connectivity index (χ0v) is 17.6. The van der Waals surface area contributed by atoms with Gasteiger partial charge in [0, 0.05) is 18.8 Å². The molecule has 1 aromatic heterocycles. The smallest absolute Gasteiger partial charge is 0.274 e. The molecule has 0 bridgehead atoms. The van der Waals surface area contributed by atoms with Gasteiger partial charge in [-0.05, 0) is 48.1 Å². The summed E-state index contributed by atoms with van der Waals surface area (Å²) in [5, 5.41) is 2.86. The van der Waals surface area contributed by atoms with E-state index in [4.69, 9.17) is 0 Å². The van der Waals surface area contributed by atoms with E-state index in [-0.39, 0.29) is 22.9 Å². The predicted octanol–water partition coefficient (Wildman–Crippen LogP) is 4.89. The molecule has 150 valence electrons. The molecule has 0 fully saturated rings. The van der Waals surface area contributed by atoms with Crippen LogP contribution in [0.25, 0.3) is 0 Å². The quantitative estimate of drug-likeness (QED) is 0.742. The highest BCUT2D eigenvalue weighted by Gasteiger charge is 2.18. The molecule has 1 N–H and O–H groups in total. The van der Waals surface area contributed by atoms with Crippen LogP contribution in [0.1, 0.15) is 74.0 Å². The van der Waals surface area contributed by atoms with Crippen molar-refractivity contribution < 1.29 is 9.59 Å². The Morgan fingerprint density at radius 3 is 2.04 bits per heavy atom. The molecule has 0 aliphatic carbocycles. The number of benzene rings is 1. The topological polar surface area (TPSA) is 62.3 Å². The summed E-state index contributed by atoms with van der Waals surface area (Å²) in [6.07, 6.45) is 1.77. The SMILES string of the molecule is CCCN(CCC)C(=O)c1cccc(C(=O)Nc2ccc(C(C)(C)C)cc2)n1. The molecule has 0 unspecified atom stereocenters. The maximum atomic E-state index is 12.7. The number of aromatic nitrogens is 1. The Bertz CT molecular complexity index is 801. The van der Waals surface area contributed by atoms with Crippen LogP contribution in [0.15, 0.2) is 42.5 Å². The largest absolute Gasteiger partial charge is 0.337 e. The number of pyridine rings is 1. The van der Waals surface area contributed by atoms with Crippen LogP contribution in [0, 0.1) is 0 Å². The third-order valence-corrected chi connectivity index (χ3v) is 4.48. The Labute approximate surface area is 168 Å². The van der Waals surface area contributed by atoms with Crippen LogP contribution in [-0.4, -0.2) is 34.8 Å². The summed E-state index contributed by atoms with van der Waals surface area (Å²) in [4.78, 5) is 31.4. The molecule has 0 saturated heterocycles. The van der Waals surface area contributed by atoms with Crippen molar-refractivity contribution in [3.8, 4) is 0 Å². The maximum Gasteiger partial charge on any atom is 0.274 e. The number of hydrogen-bond acceptors (Lipinski definition) is 3. The molecule has 0 aliphatic heterocycles. The van der Waals surface area contributed by atoms with Crippen molar-refractivity contribution in [1.82, 2.24) is 9.88 Å². The van der Waals surface area contributed by atoms with Gasteiger partial charge in [-0.15, -0.1) is 0 Å². The monoisotopic (exact) mass is 381 g/mol. The summed E-state index contributed by atoms with van der Waals surface area (Å²) in [7, 11) is 0. The molecule has 5 heteroatoms. The van der Waals surface area contributed by atoms with Gasteiger partial charge in [-0.25, -0.2) is 4.98 Å². The zero-order valence-electron chi connectivity index (χ0n) is 17.6. The van der Waals surface area contributed by atoms with E-state index in [1.165, 1.54) is 5.56 Å². The lowest BCUT2D eigenvalue weighted by molar-refractivity contribution is 0.0749. The minimum absolute atomic E-state index is 0.0572. The van der Waals surface area contributed by atoms with Crippen LogP contribution in [-0.2, 0) is 5.41 Å². The second-order valence-electron chi connectivity index (χ2n) is 7.98. The molecule has 1 heterocycles. The fourth-order valence-corrected chi connectivity index (χ4v) is 2.95. The molecule has 0 saturated carbocycles. The van der Waals surface area contributed by atoms with Crippen molar-refractivity contribution >= 4 is 17.5 Å². The fraction of sp³-hybridized carbons (Fsp3) is 0.435. The van der Waals surface area contributed by atoms with E-state index < -0.39 is 0 Å². The van der Waals surface area contributed by atoms with Crippen LogP contribution in [0.4, 0.5) is 5.69 Å². The average Bonchev–Trinajstić information content (AvgIpc) is 2.67. The van der Waals surface area contributed by atoms with Gasteiger partial charge in [0.25, 0.3) is 11.8 Å². The van der Waals surface area contributed by atoms with Gasteiger partial charge >= 0.3 is 0 Å². The summed E-state index contributed by atoms with van der Waals surface area (Å²) in [5.74, 6) is -0.455. The van der Waals surface area contributed by atoms with Crippen molar-refractivity contribution in [3.05, 3.63) is 59.4 Å². The van der Waals surface area contributed by atoms with E-state index in [9.17, 15) is 9.59 Å². The lowest BCUT2D eigenvalue weighted by atomic mass is 9.87. The number of anilines is 1. The van der Waals surface area contributed by atoms with Gasteiger partial charge in [-0.3, -0.25) is 9.59 Å². The number of nitrogens with one attached hydrogen (secondary N) is 1. The highest BCUT2D eigenvalue weighted by Crippen LogP contribution is 2.23. The minimum atomic E-state index is -0.323. The maximum absolute atomic E-state index is 12.7. The van der Waals surface area contributed by atoms with Crippen LogP contribution in [0.2, 0.25) is 0 Å². The Morgan fingerprint density at radius 2 is 1.50 bits per heavy atom. The number of carbonyl (C=O) groups is 2. The Kier molecular flexibility index (Phi) is 7.32.